The molecule has 4 rings (SSSR count). The summed E-state index contributed by atoms with van der Waals surface area (Å²) in [4.78, 5) is 32.1. The largest absolute Gasteiger partial charge is 0.497 e. The maximum Gasteiger partial charge on any atom is 0.322 e. The van der Waals surface area contributed by atoms with Crippen LogP contribution in [0.5, 0.6) is 5.75 Å². The Bertz CT molecular complexity index is 950. The van der Waals surface area contributed by atoms with E-state index in [2.05, 4.69) is 10.2 Å². The zero-order valence-corrected chi connectivity index (χ0v) is 20.2. The van der Waals surface area contributed by atoms with Crippen LogP contribution in [0.2, 0.25) is 0 Å². The number of carbonyl (C=O) groups is 2. The molecule has 2 aliphatic heterocycles. The molecule has 1 atom stereocenters. The van der Waals surface area contributed by atoms with Crippen molar-refractivity contribution < 1.29 is 23.8 Å². The first-order valence-corrected chi connectivity index (χ1v) is 12.1. The Morgan fingerprint density at radius 1 is 1.03 bits per heavy atom. The fourth-order valence-corrected chi connectivity index (χ4v) is 4.26. The van der Waals surface area contributed by atoms with Crippen molar-refractivity contribution in [3.63, 3.8) is 0 Å². The Labute approximate surface area is 206 Å². The van der Waals surface area contributed by atoms with Crippen LogP contribution in [-0.2, 0) is 9.47 Å². The van der Waals surface area contributed by atoms with Crippen LogP contribution in [0.15, 0.2) is 54.6 Å². The smallest absolute Gasteiger partial charge is 0.322 e. The second kappa shape index (κ2) is 12.5. The third-order valence-electron chi connectivity index (χ3n) is 6.29. The predicted octanol–water partition coefficient (Wildman–Crippen LogP) is 2.40. The van der Waals surface area contributed by atoms with Gasteiger partial charge in [-0.25, -0.2) is 4.79 Å². The molecule has 9 nitrogen and oxygen atoms in total. The summed E-state index contributed by atoms with van der Waals surface area (Å²) in [7, 11) is 1.60. The minimum Gasteiger partial charge on any atom is -0.497 e. The van der Waals surface area contributed by atoms with Gasteiger partial charge in [-0.1, -0.05) is 18.2 Å². The number of rotatable bonds is 8. The van der Waals surface area contributed by atoms with E-state index in [9.17, 15) is 9.59 Å². The lowest BCUT2D eigenvalue weighted by molar-refractivity contribution is -0.0282. The molecule has 2 heterocycles. The number of amides is 3. The van der Waals surface area contributed by atoms with Crippen molar-refractivity contribution in [2.45, 2.75) is 6.10 Å². The van der Waals surface area contributed by atoms with Gasteiger partial charge in [-0.05, 0) is 36.4 Å². The highest BCUT2D eigenvalue weighted by Crippen LogP contribution is 2.16. The molecule has 2 saturated heterocycles. The molecule has 0 aliphatic carbocycles. The molecule has 2 aliphatic rings. The molecular formula is C26H34N4O5. The van der Waals surface area contributed by atoms with E-state index >= 15 is 0 Å². The quantitative estimate of drug-likeness (QED) is 0.622. The van der Waals surface area contributed by atoms with Gasteiger partial charge < -0.3 is 29.3 Å². The molecule has 0 aromatic heterocycles. The second-order valence-corrected chi connectivity index (χ2v) is 8.67. The molecule has 1 unspecified atom stereocenters. The summed E-state index contributed by atoms with van der Waals surface area (Å²) < 4.78 is 16.7. The lowest BCUT2D eigenvalue weighted by atomic mass is 10.1. The van der Waals surface area contributed by atoms with E-state index in [0.29, 0.717) is 57.3 Å². The normalized spacial score (nSPS) is 18.7. The van der Waals surface area contributed by atoms with Gasteiger partial charge in [0.15, 0.2) is 0 Å². The van der Waals surface area contributed by atoms with Gasteiger partial charge in [0.1, 0.15) is 5.75 Å². The molecule has 0 spiro atoms. The molecule has 3 amide bonds. The highest BCUT2D eigenvalue weighted by Gasteiger charge is 2.28. The number of urea groups is 1. The Hall–Kier alpha value is -3.14. The van der Waals surface area contributed by atoms with Crippen LogP contribution in [0.25, 0.3) is 0 Å². The van der Waals surface area contributed by atoms with Crippen LogP contribution in [0, 0.1) is 0 Å². The molecule has 188 valence electrons. The average Bonchev–Trinajstić information content (AvgIpc) is 2.92. The monoisotopic (exact) mass is 482 g/mol. The number of hydrogen-bond acceptors (Lipinski definition) is 6. The van der Waals surface area contributed by atoms with E-state index in [-0.39, 0.29) is 18.0 Å². The number of benzene rings is 2. The number of nitrogens with one attached hydrogen (secondary N) is 1. The van der Waals surface area contributed by atoms with Gasteiger partial charge in [0.05, 0.1) is 39.6 Å². The number of anilines is 1. The molecule has 0 saturated carbocycles. The molecule has 9 heteroatoms. The van der Waals surface area contributed by atoms with Crippen LogP contribution < -0.4 is 10.1 Å². The lowest BCUT2D eigenvalue weighted by Crippen LogP contribution is -2.52. The van der Waals surface area contributed by atoms with E-state index in [0.717, 1.165) is 25.3 Å². The number of nitrogens with zero attached hydrogens (tertiary/aromatic N) is 3. The molecule has 2 aromatic carbocycles. The molecule has 2 aromatic rings. The SMILES string of the molecule is COc1ccc(C(=O)N(CCN2CCOCC2)CC2CN(C(=O)Nc3ccccc3)CCO2)cc1. The van der Waals surface area contributed by atoms with Gasteiger partial charge in [-0.2, -0.15) is 0 Å². The standard InChI is InChI=1S/C26H34N4O5/c1-33-23-9-7-21(8-10-23)25(31)29(12-11-28-13-16-34-17-14-28)19-24-20-30(15-18-35-24)26(32)27-22-5-3-2-4-6-22/h2-10,24H,11-20H2,1H3,(H,27,32). The molecule has 1 N–H and O–H groups in total. The lowest BCUT2D eigenvalue weighted by Gasteiger charge is -2.36. The summed E-state index contributed by atoms with van der Waals surface area (Å²) in [6, 6.07) is 16.4. The first-order valence-electron chi connectivity index (χ1n) is 12.1. The van der Waals surface area contributed by atoms with Gasteiger partial charge >= 0.3 is 6.03 Å². The molecule has 0 bridgehead atoms. The van der Waals surface area contributed by atoms with Crippen molar-refractivity contribution in [2.24, 2.45) is 0 Å². The summed E-state index contributed by atoms with van der Waals surface area (Å²) >= 11 is 0. The third kappa shape index (κ3) is 7.17. The summed E-state index contributed by atoms with van der Waals surface area (Å²) in [5.41, 5.74) is 1.35. The van der Waals surface area contributed by atoms with Gasteiger partial charge in [0.25, 0.3) is 5.91 Å². The zero-order valence-electron chi connectivity index (χ0n) is 20.2. The fourth-order valence-electron chi connectivity index (χ4n) is 4.26. The number of hydrogen-bond donors (Lipinski definition) is 1. The molecule has 0 radical (unpaired) electrons. The van der Waals surface area contributed by atoms with Gasteiger partial charge in [0.2, 0.25) is 0 Å². The first-order chi connectivity index (χ1) is 17.1. The summed E-state index contributed by atoms with van der Waals surface area (Å²) in [6.45, 7) is 6.24. The van der Waals surface area contributed by atoms with Gasteiger partial charge in [-0.3, -0.25) is 9.69 Å². The number of para-hydroxylation sites is 1. The maximum absolute atomic E-state index is 13.4. The number of carbonyl (C=O) groups excluding carboxylic acids is 2. The van der Waals surface area contributed by atoms with E-state index in [4.69, 9.17) is 14.2 Å². The van der Waals surface area contributed by atoms with E-state index in [1.165, 1.54) is 0 Å². The predicted molar refractivity (Wildman–Crippen MR) is 133 cm³/mol. The first kappa shape index (κ1) is 25.0. The van der Waals surface area contributed by atoms with E-state index in [1.54, 1.807) is 36.3 Å². The molecule has 35 heavy (non-hydrogen) atoms. The van der Waals surface area contributed by atoms with Crippen molar-refractivity contribution in [1.82, 2.24) is 14.7 Å². The Morgan fingerprint density at radius 2 is 1.77 bits per heavy atom. The molecular weight excluding hydrogens is 448 g/mol. The van der Waals surface area contributed by atoms with Gasteiger partial charge in [0, 0.05) is 50.5 Å². The van der Waals surface area contributed by atoms with Crippen LogP contribution in [0.3, 0.4) is 0 Å². The molecule has 2 fully saturated rings. The number of methoxy groups -OCH3 is 1. The summed E-state index contributed by atoms with van der Waals surface area (Å²) in [5, 5.41) is 2.93. The van der Waals surface area contributed by atoms with Crippen LogP contribution in [0.1, 0.15) is 10.4 Å². The van der Waals surface area contributed by atoms with Crippen molar-refractivity contribution in [2.75, 3.05) is 78.1 Å². The van der Waals surface area contributed by atoms with Gasteiger partial charge in [-0.15, -0.1) is 0 Å². The Balaban J connectivity index is 1.40. The van der Waals surface area contributed by atoms with Crippen LogP contribution >= 0.6 is 0 Å². The fraction of sp³-hybridized carbons (Fsp3) is 0.462. The minimum atomic E-state index is -0.267. The minimum absolute atomic E-state index is 0.0598. The zero-order chi connectivity index (χ0) is 24.5. The van der Waals surface area contributed by atoms with Crippen molar-refractivity contribution in [1.29, 1.82) is 0 Å². The van der Waals surface area contributed by atoms with E-state index in [1.807, 2.05) is 35.2 Å². The second-order valence-electron chi connectivity index (χ2n) is 8.67. The number of ether oxygens (including phenoxy) is 3. The van der Waals surface area contributed by atoms with Crippen molar-refractivity contribution in [3.8, 4) is 5.75 Å². The topological polar surface area (TPSA) is 83.6 Å². The highest BCUT2D eigenvalue weighted by molar-refractivity contribution is 5.94. The highest BCUT2D eigenvalue weighted by atomic mass is 16.5. The Kier molecular flexibility index (Phi) is 8.94. The summed E-state index contributed by atoms with van der Waals surface area (Å²) in [6.07, 6.45) is -0.267. The van der Waals surface area contributed by atoms with Crippen molar-refractivity contribution >= 4 is 17.6 Å². The van der Waals surface area contributed by atoms with Crippen LogP contribution in [0.4, 0.5) is 10.5 Å². The van der Waals surface area contributed by atoms with Crippen LogP contribution in [-0.4, -0.2) is 105 Å². The Morgan fingerprint density at radius 3 is 2.49 bits per heavy atom. The average molecular weight is 483 g/mol. The van der Waals surface area contributed by atoms with Crippen molar-refractivity contribution in [3.05, 3.63) is 60.2 Å². The third-order valence-corrected chi connectivity index (χ3v) is 6.29. The summed E-state index contributed by atoms with van der Waals surface area (Å²) in [5.74, 6) is 0.646. The van der Waals surface area contributed by atoms with E-state index < -0.39 is 0 Å². The maximum atomic E-state index is 13.4. The number of morpholine rings is 2.